The topological polar surface area (TPSA) is 34.1 Å². The molecule has 0 N–H and O–H groups in total. The molecular formula is C58H80O2PdSn2. The molecule has 0 fully saturated rings. The van der Waals surface area contributed by atoms with Gasteiger partial charge >= 0.3 is 205 Å². The average molecular weight is 1150 g/mol. The molecule has 0 aliphatic carbocycles. The molecule has 4 aromatic rings. The van der Waals surface area contributed by atoms with Crippen LogP contribution in [-0.4, -0.2) is 51.1 Å². The van der Waals surface area contributed by atoms with E-state index in [9.17, 15) is 9.59 Å². The quantitative estimate of drug-likeness (QED) is 0.0357. The predicted molar refractivity (Wildman–Crippen MR) is 279 cm³/mol. The van der Waals surface area contributed by atoms with Crippen molar-refractivity contribution in [3.63, 3.8) is 0 Å². The van der Waals surface area contributed by atoms with Gasteiger partial charge in [0.1, 0.15) is 0 Å². The maximum Gasteiger partial charge on any atom is 2.00 e. The summed E-state index contributed by atoms with van der Waals surface area (Å²) >= 11 is -1.68. The van der Waals surface area contributed by atoms with E-state index in [2.05, 4.69) is 53.7 Å². The Labute approximate surface area is 414 Å². The van der Waals surface area contributed by atoms with Gasteiger partial charge in [-0.25, -0.2) is 0 Å². The van der Waals surface area contributed by atoms with Crippen LogP contribution in [0.25, 0.3) is 24.3 Å². The number of rotatable bonds is 26. The Hall–Kier alpha value is -2.56. The van der Waals surface area contributed by atoms with Gasteiger partial charge in [-0.2, -0.15) is 12.2 Å². The van der Waals surface area contributed by atoms with E-state index in [1.165, 1.54) is 89.2 Å². The Kier molecular flexibility index (Phi) is 42.8. The van der Waals surface area contributed by atoms with Crippen LogP contribution in [-0.2, 0) is 30.0 Å². The Bertz CT molecular complexity index is 1470. The van der Waals surface area contributed by atoms with E-state index in [1.807, 2.05) is 121 Å². The first-order chi connectivity index (χ1) is 30.4. The van der Waals surface area contributed by atoms with Crippen LogP contribution in [0.5, 0.6) is 0 Å². The van der Waals surface area contributed by atoms with Crippen LogP contribution < -0.4 is 0 Å². The van der Waals surface area contributed by atoms with E-state index in [-0.39, 0.29) is 32.0 Å². The van der Waals surface area contributed by atoms with Crippen LogP contribution in [0.1, 0.15) is 141 Å². The van der Waals surface area contributed by atoms with Crippen molar-refractivity contribution in [2.45, 2.75) is 145 Å². The van der Waals surface area contributed by atoms with E-state index in [1.54, 1.807) is 50.9 Å². The number of hydrogen-bond acceptors (Lipinski definition) is 2. The van der Waals surface area contributed by atoms with Crippen molar-refractivity contribution >= 4 is 75.4 Å². The zero-order valence-corrected chi connectivity index (χ0v) is 47.1. The number of carbonyl (C=O) groups is 2. The van der Waals surface area contributed by atoms with Gasteiger partial charge in [0.25, 0.3) is 0 Å². The minimum absolute atomic E-state index is 0. The van der Waals surface area contributed by atoms with Crippen molar-refractivity contribution in [2.75, 3.05) is 0 Å². The second-order valence-corrected chi connectivity index (χ2v) is 32.9. The smallest absolute Gasteiger partial charge is 0.319 e. The first kappa shape index (κ1) is 60.4. The molecule has 0 saturated heterocycles. The molecule has 342 valence electrons. The maximum absolute atomic E-state index is 11.6. The normalized spacial score (nSPS) is 10.9. The third kappa shape index (κ3) is 36.4. The van der Waals surface area contributed by atoms with Crippen LogP contribution in [0.2, 0.25) is 26.6 Å². The summed E-state index contributed by atoms with van der Waals surface area (Å²) in [7, 11) is 0. The number of hydrogen-bond donors (Lipinski definition) is 0. The number of ketones is 2. The minimum Gasteiger partial charge on any atom is -0.319 e. The first-order valence-electron chi connectivity index (χ1n) is 23.9. The van der Waals surface area contributed by atoms with Crippen LogP contribution in [0, 0.1) is 12.2 Å². The molecule has 0 saturated carbocycles. The van der Waals surface area contributed by atoms with E-state index in [4.69, 9.17) is 0 Å². The van der Waals surface area contributed by atoms with Crippen molar-refractivity contribution in [3.05, 3.63) is 168 Å². The molecule has 0 aliphatic heterocycles. The summed E-state index contributed by atoms with van der Waals surface area (Å²) in [4.78, 5) is 23.1. The first-order valence-corrected chi connectivity index (χ1v) is 36.0. The largest absolute Gasteiger partial charge is 2.00 e. The Morgan fingerprint density at radius 3 is 0.825 bits per heavy atom. The molecule has 0 atom stereocenters. The number of unbranched alkanes of at least 4 members (excludes halogenated alkanes) is 6. The van der Waals surface area contributed by atoms with E-state index < -0.39 is 39.5 Å². The zero-order chi connectivity index (χ0) is 45.1. The summed E-state index contributed by atoms with van der Waals surface area (Å²) in [5.74, 6) is -0.273. The van der Waals surface area contributed by atoms with Crippen LogP contribution in [0.4, 0.5) is 0 Å². The summed E-state index contributed by atoms with van der Waals surface area (Å²) < 4.78 is 10.1. The minimum atomic E-state index is -0.839. The van der Waals surface area contributed by atoms with Gasteiger partial charge in [0.05, 0.1) is 11.6 Å². The molecule has 4 rings (SSSR count). The third-order valence-corrected chi connectivity index (χ3v) is 28.3. The van der Waals surface area contributed by atoms with Crippen LogP contribution in [0.15, 0.2) is 133 Å². The fourth-order valence-electron chi connectivity index (χ4n) is 6.29. The Morgan fingerprint density at radius 2 is 0.603 bits per heavy atom. The Balaban J connectivity index is 0.000000821. The van der Waals surface area contributed by atoms with Crippen molar-refractivity contribution in [3.8, 4) is 0 Å². The molecule has 0 unspecified atom stereocenters. The summed E-state index contributed by atoms with van der Waals surface area (Å²) in [5, 5.41) is 0. The van der Waals surface area contributed by atoms with Gasteiger partial charge in [-0.05, 0) is 11.1 Å². The van der Waals surface area contributed by atoms with Crippen molar-refractivity contribution in [1.29, 1.82) is 0 Å². The van der Waals surface area contributed by atoms with Gasteiger partial charge in [-0.15, -0.1) is 71.8 Å². The van der Waals surface area contributed by atoms with E-state index in [0.717, 1.165) is 22.3 Å². The summed E-state index contributed by atoms with van der Waals surface area (Å²) in [6, 6.07) is 38.8. The van der Waals surface area contributed by atoms with E-state index >= 15 is 0 Å². The average Bonchev–Trinajstić information content (AvgIpc) is 3.33. The molecule has 0 spiro atoms. The molecule has 2 nitrogen and oxygen atoms in total. The van der Waals surface area contributed by atoms with Crippen LogP contribution >= 0.6 is 0 Å². The number of carbonyl (C=O) groups excluding carboxylic acids is 2. The molecular weight excluding hydrogens is 1070 g/mol. The number of allylic oxidation sites excluding steroid dienone is 4. The monoisotopic (exact) mass is 1150 g/mol. The molecule has 0 aromatic heterocycles. The molecule has 4 aromatic carbocycles. The molecule has 2 radical (unpaired) electrons. The van der Waals surface area contributed by atoms with Gasteiger partial charge in [0.15, 0.2) is 0 Å². The maximum atomic E-state index is 11.6. The summed E-state index contributed by atoms with van der Waals surface area (Å²) in [6.45, 7) is 14.0. The fraction of sp³-hybridized carbons (Fsp3) is 0.414. The predicted octanol–water partition coefficient (Wildman–Crippen LogP) is 17.3. The fourth-order valence-corrected chi connectivity index (χ4v) is 25.2. The molecule has 5 heteroatoms. The standard InChI is InChI=1S/2C17H13O.6C4H9.Pd.2Sn/c2*18-17(13-11-15-7-3-1-4-8-15)14-12-16-9-5-2-6-10-16;6*1-3-4-2;;;/h2*1-13H;6*1,3-4H2,2H3;;;/q2*-1;;;;;;;+2;;. The molecule has 63 heavy (non-hydrogen) atoms. The van der Waals surface area contributed by atoms with Crippen molar-refractivity contribution < 1.29 is 30.0 Å². The SMILES string of the molecule is CCC[CH2][Sn]([CH2]CCC)[CH2]CCC.CCC[CH2][Sn]([CH2]CCC)[CH2]CCC.O=C([C-]=Cc1ccccc1)C=Cc1ccccc1.O=C([C-]=Cc1ccccc1)C=Cc1ccccc1.[Pd+2]. The van der Waals surface area contributed by atoms with E-state index in [0.29, 0.717) is 0 Å². The molecule has 0 bridgehead atoms. The van der Waals surface area contributed by atoms with Gasteiger partial charge < -0.3 is 9.59 Å². The second-order valence-electron chi connectivity index (χ2n) is 15.7. The second kappa shape index (κ2) is 44.6. The van der Waals surface area contributed by atoms with Gasteiger partial charge in [-0.1, -0.05) is 97.1 Å². The van der Waals surface area contributed by atoms with Crippen LogP contribution in [0.3, 0.4) is 0 Å². The third-order valence-electron chi connectivity index (χ3n) is 10.1. The Morgan fingerprint density at radius 1 is 0.381 bits per heavy atom. The molecule has 0 heterocycles. The van der Waals surface area contributed by atoms with Gasteiger partial charge in [0.2, 0.25) is 0 Å². The molecule has 0 aliphatic rings. The summed E-state index contributed by atoms with van der Waals surface area (Å²) in [6.07, 6.45) is 33.1. The van der Waals surface area contributed by atoms with Gasteiger partial charge in [0, 0.05) is 0 Å². The van der Waals surface area contributed by atoms with Crippen molar-refractivity contribution in [1.82, 2.24) is 0 Å². The molecule has 0 amide bonds. The zero-order valence-electron chi connectivity index (χ0n) is 39.9. The van der Waals surface area contributed by atoms with Crippen molar-refractivity contribution in [2.24, 2.45) is 0 Å². The summed E-state index contributed by atoms with van der Waals surface area (Å²) in [5.41, 5.74) is 3.96. The number of benzene rings is 4. The van der Waals surface area contributed by atoms with Gasteiger partial charge in [-0.3, -0.25) is 0 Å².